The summed E-state index contributed by atoms with van der Waals surface area (Å²) in [6, 6.07) is 0. The van der Waals surface area contributed by atoms with Crippen LogP contribution in [-0.4, -0.2) is 19.1 Å². The molecule has 5 heteroatoms. The van der Waals surface area contributed by atoms with Crippen molar-refractivity contribution in [1.29, 1.82) is 0 Å². The van der Waals surface area contributed by atoms with Crippen LogP contribution in [0.4, 0.5) is 0 Å². The van der Waals surface area contributed by atoms with Gasteiger partial charge in [0.25, 0.3) is 0 Å². The summed E-state index contributed by atoms with van der Waals surface area (Å²) in [4.78, 5) is 14.3. The second kappa shape index (κ2) is 3.50. The smallest absolute Gasteiger partial charge is 0.312 e. The Labute approximate surface area is 83.1 Å². The van der Waals surface area contributed by atoms with Crippen LogP contribution in [0.3, 0.4) is 0 Å². The van der Waals surface area contributed by atoms with Gasteiger partial charge in [0.2, 0.25) is 0 Å². The summed E-state index contributed by atoms with van der Waals surface area (Å²) in [7, 11) is 0. The lowest BCUT2D eigenvalue weighted by Gasteiger charge is -2.15. The van der Waals surface area contributed by atoms with Crippen LogP contribution in [0.25, 0.3) is 10.4 Å². The molecule has 0 spiro atoms. The number of carbonyl (C=O) groups is 1. The average molecular weight is 197 g/mol. The number of nitrogens with zero attached hydrogens (tertiary/aromatic N) is 3. The van der Waals surface area contributed by atoms with E-state index in [1.165, 1.54) is 0 Å². The number of carbonyl (C=O) groups excluding carboxylic acids is 1. The van der Waals surface area contributed by atoms with Gasteiger partial charge in [-0.25, -0.2) is 0 Å². The Bertz CT molecular complexity index is 294. The number of azide groups is 1. The molecule has 0 aromatic heterocycles. The summed E-state index contributed by atoms with van der Waals surface area (Å²) < 4.78 is 4.98. The first kappa shape index (κ1) is 10.9. The van der Waals surface area contributed by atoms with E-state index in [0.29, 0.717) is 6.61 Å². The molecule has 0 N–H and O–H groups in total. The monoisotopic (exact) mass is 197 g/mol. The predicted molar refractivity (Wildman–Crippen MR) is 51.5 cm³/mol. The Morgan fingerprint density at radius 1 is 1.64 bits per heavy atom. The molecular formula is C9H15N3O2. The quantitative estimate of drug-likeness (QED) is 0.300. The van der Waals surface area contributed by atoms with Gasteiger partial charge in [-0.05, 0) is 24.3 Å². The molecule has 14 heavy (non-hydrogen) atoms. The molecular weight excluding hydrogens is 182 g/mol. The van der Waals surface area contributed by atoms with Crippen LogP contribution in [-0.2, 0) is 9.53 Å². The highest BCUT2D eigenvalue weighted by atomic mass is 16.5. The fourth-order valence-corrected chi connectivity index (χ4v) is 1.81. The molecule has 1 rings (SSSR count). The third kappa shape index (κ3) is 1.55. The summed E-state index contributed by atoms with van der Waals surface area (Å²) in [6.45, 7) is 6.31. The van der Waals surface area contributed by atoms with Gasteiger partial charge in [-0.3, -0.25) is 4.79 Å². The van der Waals surface area contributed by atoms with Crippen LogP contribution >= 0.6 is 0 Å². The van der Waals surface area contributed by atoms with Crippen molar-refractivity contribution in [2.45, 2.75) is 27.2 Å². The molecule has 1 atom stereocenters. The normalized spacial score (nSPS) is 27.6. The lowest BCUT2D eigenvalue weighted by atomic mass is 9.96. The highest BCUT2D eigenvalue weighted by Crippen LogP contribution is 2.64. The molecule has 5 nitrogen and oxygen atoms in total. The topological polar surface area (TPSA) is 75.1 Å². The third-order valence-corrected chi connectivity index (χ3v) is 2.98. The molecule has 0 heterocycles. The van der Waals surface area contributed by atoms with Gasteiger partial charge in [0, 0.05) is 11.5 Å². The summed E-state index contributed by atoms with van der Waals surface area (Å²) in [5.41, 5.74) is 7.57. The number of rotatable bonds is 4. The third-order valence-electron chi connectivity index (χ3n) is 2.98. The lowest BCUT2D eigenvalue weighted by Crippen LogP contribution is -2.26. The zero-order valence-corrected chi connectivity index (χ0v) is 8.78. The maximum atomic E-state index is 11.6. The molecule has 0 radical (unpaired) electrons. The van der Waals surface area contributed by atoms with Crippen molar-refractivity contribution >= 4 is 5.97 Å². The Kier molecular flexibility index (Phi) is 2.71. The minimum atomic E-state index is -0.574. The van der Waals surface area contributed by atoms with E-state index in [2.05, 4.69) is 10.0 Å². The van der Waals surface area contributed by atoms with Gasteiger partial charge in [-0.15, -0.1) is 0 Å². The first-order chi connectivity index (χ1) is 6.50. The van der Waals surface area contributed by atoms with Crippen molar-refractivity contribution in [1.82, 2.24) is 0 Å². The summed E-state index contributed by atoms with van der Waals surface area (Å²) in [5, 5.41) is 3.48. The molecule has 0 aliphatic heterocycles. The summed E-state index contributed by atoms with van der Waals surface area (Å²) >= 11 is 0. The first-order valence-electron chi connectivity index (χ1n) is 4.68. The molecule has 0 amide bonds. The SMILES string of the molecule is CCOC(=O)C1(CN=[N+]=[N-])CC1(C)C. The van der Waals surface area contributed by atoms with E-state index >= 15 is 0 Å². The van der Waals surface area contributed by atoms with Crippen molar-refractivity contribution < 1.29 is 9.53 Å². The van der Waals surface area contributed by atoms with Crippen molar-refractivity contribution in [2.24, 2.45) is 15.9 Å². The first-order valence-corrected chi connectivity index (χ1v) is 4.68. The molecule has 1 aliphatic rings. The molecule has 0 aromatic rings. The zero-order valence-electron chi connectivity index (χ0n) is 8.78. The molecule has 1 aliphatic carbocycles. The van der Waals surface area contributed by atoms with Crippen molar-refractivity contribution in [3.8, 4) is 0 Å². The van der Waals surface area contributed by atoms with E-state index in [9.17, 15) is 4.79 Å². The van der Waals surface area contributed by atoms with E-state index in [4.69, 9.17) is 10.3 Å². The van der Waals surface area contributed by atoms with E-state index in [1.54, 1.807) is 6.92 Å². The highest BCUT2D eigenvalue weighted by Gasteiger charge is 2.66. The van der Waals surface area contributed by atoms with Crippen LogP contribution in [0, 0.1) is 10.8 Å². The van der Waals surface area contributed by atoms with Crippen LogP contribution < -0.4 is 0 Å². The second-order valence-electron chi connectivity index (χ2n) is 4.25. The number of hydrogen-bond acceptors (Lipinski definition) is 3. The molecule has 1 saturated carbocycles. The van der Waals surface area contributed by atoms with Gasteiger partial charge >= 0.3 is 5.97 Å². The summed E-state index contributed by atoms with van der Waals surface area (Å²) in [5.74, 6) is -0.239. The van der Waals surface area contributed by atoms with Gasteiger partial charge in [0.15, 0.2) is 0 Å². The predicted octanol–water partition coefficient (Wildman–Crippen LogP) is 2.28. The number of hydrogen-bond donors (Lipinski definition) is 0. The van der Waals surface area contributed by atoms with E-state index in [0.717, 1.165) is 6.42 Å². The van der Waals surface area contributed by atoms with Gasteiger partial charge < -0.3 is 4.74 Å². The number of ether oxygens (including phenoxy) is 1. The fourth-order valence-electron chi connectivity index (χ4n) is 1.81. The molecule has 0 aromatic carbocycles. The number of esters is 1. The Morgan fingerprint density at radius 3 is 2.57 bits per heavy atom. The second-order valence-corrected chi connectivity index (χ2v) is 4.25. The Balaban J connectivity index is 2.76. The molecule has 1 unspecified atom stereocenters. The molecule has 78 valence electrons. The van der Waals surface area contributed by atoms with E-state index < -0.39 is 5.41 Å². The van der Waals surface area contributed by atoms with Crippen LogP contribution in [0.1, 0.15) is 27.2 Å². The minimum absolute atomic E-state index is 0.104. The van der Waals surface area contributed by atoms with Crippen LogP contribution in [0.15, 0.2) is 5.11 Å². The summed E-state index contributed by atoms with van der Waals surface area (Å²) in [6.07, 6.45) is 0.734. The van der Waals surface area contributed by atoms with Gasteiger partial charge in [0.05, 0.1) is 12.0 Å². The fraction of sp³-hybridized carbons (Fsp3) is 0.889. The van der Waals surface area contributed by atoms with E-state index in [1.807, 2.05) is 13.8 Å². The Hall–Kier alpha value is -1.22. The molecule has 0 saturated heterocycles. The lowest BCUT2D eigenvalue weighted by molar-refractivity contribution is -0.150. The van der Waals surface area contributed by atoms with E-state index in [-0.39, 0.29) is 17.9 Å². The van der Waals surface area contributed by atoms with Gasteiger partial charge in [0.1, 0.15) is 0 Å². The standard InChI is InChI=1S/C9H15N3O2/c1-4-14-7(13)9(6-11-12-10)5-8(9,2)3/h4-6H2,1-3H3. The van der Waals surface area contributed by atoms with Crippen molar-refractivity contribution in [3.63, 3.8) is 0 Å². The van der Waals surface area contributed by atoms with Crippen LogP contribution in [0.5, 0.6) is 0 Å². The maximum absolute atomic E-state index is 11.6. The Morgan fingerprint density at radius 2 is 2.21 bits per heavy atom. The highest BCUT2D eigenvalue weighted by molar-refractivity contribution is 5.82. The minimum Gasteiger partial charge on any atom is -0.466 e. The van der Waals surface area contributed by atoms with Crippen molar-refractivity contribution in [3.05, 3.63) is 10.4 Å². The van der Waals surface area contributed by atoms with Gasteiger partial charge in [-0.2, -0.15) is 0 Å². The average Bonchev–Trinajstić information content (AvgIpc) is 2.67. The zero-order chi connectivity index (χ0) is 10.8. The molecule has 0 bridgehead atoms. The van der Waals surface area contributed by atoms with Crippen LogP contribution in [0.2, 0.25) is 0 Å². The maximum Gasteiger partial charge on any atom is 0.312 e. The largest absolute Gasteiger partial charge is 0.466 e. The van der Waals surface area contributed by atoms with Crippen molar-refractivity contribution in [2.75, 3.05) is 13.2 Å². The van der Waals surface area contributed by atoms with Gasteiger partial charge in [-0.1, -0.05) is 19.0 Å². The molecule has 1 fully saturated rings.